The van der Waals surface area contributed by atoms with Gasteiger partial charge >= 0.3 is 0 Å². The van der Waals surface area contributed by atoms with Gasteiger partial charge in [-0.25, -0.2) is 9.97 Å². The van der Waals surface area contributed by atoms with Crippen LogP contribution in [0.25, 0.3) is 0 Å². The average Bonchev–Trinajstić information content (AvgIpc) is 3.16. The molecule has 0 bridgehead atoms. The van der Waals surface area contributed by atoms with Crippen LogP contribution < -0.4 is 10.6 Å². The highest BCUT2D eigenvalue weighted by Crippen LogP contribution is 2.25. The molecule has 3 aromatic heterocycles. The third kappa shape index (κ3) is 4.34. The predicted molar refractivity (Wildman–Crippen MR) is 97.8 cm³/mol. The van der Waals surface area contributed by atoms with Crippen molar-refractivity contribution >= 4 is 45.6 Å². The van der Waals surface area contributed by atoms with Gasteiger partial charge in [-0.3, -0.25) is 4.79 Å². The number of pyridine rings is 1. The number of halogens is 1. The molecular formula is C16H16ClN5O2S. The Bertz CT molecular complexity index is 900. The zero-order valence-electron chi connectivity index (χ0n) is 13.8. The molecule has 0 atom stereocenters. The highest BCUT2D eigenvalue weighted by Gasteiger charge is 2.21. The summed E-state index contributed by atoms with van der Waals surface area (Å²) in [5.41, 5.74) is 0.0901. The van der Waals surface area contributed by atoms with E-state index in [9.17, 15) is 4.79 Å². The van der Waals surface area contributed by atoms with E-state index in [0.29, 0.717) is 27.6 Å². The van der Waals surface area contributed by atoms with Crippen molar-refractivity contribution in [2.75, 3.05) is 10.6 Å². The van der Waals surface area contributed by atoms with Crippen molar-refractivity contribution in [2.45, 2.75) is 26.2 Å². The van der Waals surface area contributed by atoms with Crippen molar-refractivity contribution in [1.82, 2.24) is 15.1 Å². The molecule has 130 valence electrons. The summed E-state index contributed by atoms with van der Waals surface area (Å²) in [6.07, 6.45) is 1.59. The second-order valence-corrected chi connectivity index (χ2v) is 7.60. The van der Waals surface area contributed by atoms with E-state index in [4.69, 9.17) is 16.1 Å². The Hall–Kier alpha value is -2.45. The standard InChI is InChI=1S/C16H16ClN5O2S/c1-16(2,3)11-7-13(22-24-11)20-14(23)10-8-25-15(19-10)21-12-6-9(17)4-5-18-12/h4-8H,1-3H3,(H,18,19,21)(H,20,22,23). The maximum Gasteiger partial charge on any atom is 0.276 e. The molecule has 2 N–H and O–H groups in total. The van der Waals surface area contributed by atoms with Crippen LogP contribution in [0.15, 0.2) is 34.3 Å². The van der Waals surface area contributed by atoms with Crippen molar-refractivity contribution in [2.24, 2.45) is 0 Å². The number of nitrogens with one attached hydrogen (secondary N) is 2. The Morgan fingerprint density at radius 2 is 2.08 bits per heavy atom. The number of rotatable bonds is 4. The molecule has 0 fully saturated rings. The number of carbonyl (C=O) groups excluding carboxylic acids is 1. The zero-order valence-corrected chi connectivity index (χ0v) is 15.4. The summed E-state index contributed by atoms with van der Waals surface area (Å²) < 4.78 is 5.25. The van der Waals surface area contributed by atoms with Crippen molar-refractivity contribution in [1.29, 1.82) is 0 Å². The molecule has 1 amide bonds. The van der Waals surface area contributed by atoms with Crippen LogP contribution in [0.2, 0.25) is 5.02 Å². The molecular weight excluding hydrogens is 362 g/mol. The van der Waals surface area contributed by atoms with Crippen molar-refractivity contribution in [3.63, 3.8) is 0 Å². The summed E-state index contributed by atoms with van der Waals surface area (Å²) in [4.78, 5) is 20.7. The van der Waals surface area contributed by atoms with Gasteiger partial charge in [0, 0.05) is 28.1 Å². The van der Waals surface area contributed by atoms with Gasteiger partial charge in [0.05, 0.1) is 0 Å². The number of hydrogen-bond donors (Lipinski definition) is 2. The molecule has 0 aliphatic carbocycles. The molecule has 7 nitrogen and oxygen atoms in total. The Morgan fingerprint density at radius 3 is 2.76 bits per heavy atom. The van der Waals surface area contributed by atoms with Gasteiger partial charge in [0.1, 0.15) is 17.3 Å². The molecule has 9 heteroatoms. The van der Waals surface area contributed by atoms with E-state index in [0.717, 1.165) is 0 Å². The predicted octanol–water partition coefficient (Wildman–Crippen LogP) is 4.47. The first-order chi connectivity index (χ1) is 11.8. The van der Waals surface area contributed by atoms with Crippen LogP contribution in [-0.4, -0.2) is 21.0 Å². The minimum absolute atomic E-state index is 0.183. The van der Waals surface area contributed by atoms with Crippen LogP contribution in [0.4, 0.5) is 16.8 Å². The maximum absolute atomic E-state index is 12.3. The number of hydrogen-bond acceptors (Lipinski definition) is 7. The van der Waals surface area contributed by atoms with E-state index < -0.39 is 0 Å². The molecule has 0 aliphatic rings. The van der Waals surface area contributed by atoms with Crippen LogP contribution in [0.5, 0.6) is 0 Å². The van der Waals surface area contributed by atoms with Gasteiger partial charge in [-0.2, -0.15) is 0 Å². The Labute approximate surface area is 153 Å². The molecule has 25 heavy (non-hydrogen) atoms. The molecule has 3 rings (SSSR count). The van der Waals surface area contributed by atoms with Crippen molar-refractivity contribution in [3.8, 4) is 0 Å². The topological polar surface area (TPSA) is 92.9 Å². The number of carbonyl (C=O) groups is 1. The minimum Gasteiger partial charge on any atom is -0.359 e. The third-order valence-corrected chi connectivity index (χ3v) is 4.18. The van der Waals surface area contributed by atoms with Gasteiger partial charge in [0.15, 0.2) is 10.9 Å². The molecule has 0 aromatic carbocycles. The summed E-state index contributed by atoms with van der Waals surface area (Å²) in [7, 11) is 0. The highest BCUT2D eigenvalue weighted by atomic mass is 35.5. The fourth-order valence-electron chi connectivity index (χ4n) is 1.89. The lowest BCUT2D eigenvalue weighted by Gasteiger charge is -2.11. The van der Waals surface area contributed by atoms with Crippen LogP contribution in [0.3, 0.4) is 0 Å². The normalized spacial score (nSPS) is 11.4. The maximum atomic E-state index is 12.3. The quantitative estimate of drug-likeness (QED) is 0.696. The smallest absolute Gasteiger partial charge is 0.276 e. The van der Waals surface area contributed by atoms with Gasteiger partial charge < -0.3 is 15.2 Å². The van der Waals surface area contributed by atoms with Gasteiger partial charge in [0.25, 0.3) is 5.91 Å². The summed E-state index contributed by atoms with van der Waals surface area (Å²) in [5.74, 6) is 1.24. The Balaban J connectivity index is 1.67. The van der Waals surface area contributed by atoms with E-state index in [-0.39, 0.29) is 17.0 Å². The number of aromatic nitrogens is 3. The number of amides is 1. The molecule has 3 aromatic rings. The molecule has 0 aliphatic heterocycles. The number of anilines is 3. The number of nitrogens with zero attached hydrogens (tertiary/aromatic N) is 3. The lowest BCUT2D eigenvalue weighted by atomic mass is 9.93. The summed E-state index contributed by atoms with van der Waals surface area (Å²) in [6, 6.07) is 5.06. The number of thiazole rings is 1. The van der Waals surface area contributed by atoms with E-state index in [1.165, 1.54) is 11.3 Å². The van der Waals surface area contributed by atoms with E-state index in [1.54, 1.807) is 29.8 Å². The molecule has 0 radical (unpaired) electrons. The molecule has 0 saturated heterocycles. The molecule has 3 heterocycles. The highest BCUT2D eigenvalue weighted by molar-refractivity contribution is 7.14. The van der Waals surface area contributed by atoms with Gasteiger partial charge in [-0.15, -0.1) is 11.3 Å². The van der Waals surface area contributed by atoms with Gasteiger partial charge in [0.2, 0.25) is 0 Å². The van der Waals surface area contributed by atoms with Gasteiger partial charge in [-0.1, -0.05) is 37.5 Å². The van der Waals surface area contributed by atoms with Gasteiger partial charge in [-0.05, 0) is 12.1 Å². The first kappa shape index (κ1) is 17.4. The lowest BCUT2D eigenvalue weighted by molar-refractivity contribution is 0.102. The fraction of sp³-hybridized carbons (Fsp3) is 0.250. The zero-order chi connectivity index (χ0) is 18.0. The monoisotopic (exact) mass is 377 g/mol. The van der Waals surface area contributed by atoms with E-state index in [1.807, 2.05) is 20.8 Å². The summed E-state index contributed by atoms with van der Waals surface area (Å²) >= 11 is 7.20. The first-order valence-electron chi connectivity index (χ1n) is 7.44. The minimum atomic E-state index is -0.364. The fourth-order valence-corrected chi connectivity index (χ4v) is 2.74. The molecule has 0 spiro atoms. The van der Waals surface area contributed by atoms with E-state index in [2.05, 4.69) is 25.8 Å². The second-order valence-electron chi connectivity index (χ2n) is 6.30. The van der Waals surface area contributed by atoms with E-state index >= 15 is 0 Å². The molecule has 0 saturated carbocycles. The first-order valence-corrected chi connectivity index (χ1v) is 8.70. The van der Waals surface area contributed by atoms with Crippen molar-refractivity contribution in [3.05, 3.63) is 46.3 Å². The molecule has 0 unspecified atom stereocenters. The van der Waals surface area contributed by atoms with Crippen LogP contribution >= 0.6 is 22.9 Å². The largest absolute Gasteiger partial charge is 0.359 e. The Kier molecular flexibility index (Phi) is 4.73. The Morgan fingerprint density at radius 1 is 1.28 bits per heavy atom. The average molecular weight is 378 g/mol. The third-order valence-electron chi connectivity index (χ3n) is 3.18. The lowest BCUT2D eigenvalue weighted by Crippen LogP contribution is -2.13. The summed E-state index contributed by atoms with van der Waals surface area (Å²) in [5, 5.41) is 12.3. The summed E-state index contributed by atoms with van der Waals surface area (Å²) in [6.45, 7) is 6.00. The van der Waals surface area contributed by atoms with Crippen LogP contribution in [0, 0.1) is 0 Å². The van der Waals surface area contributed by atoms with Crippen LogP contribution in [0.1, 0.15) is 37.0 Å². The van der Waals surface area contributed by atoms with Crippen LogP contribution in [-0.2, 0) is 5.41 Å². The SMILES string of the molecule is CC(C)(C)c1cc(NC(=O)c2csc(Nc3cc(Cl)ccn3)n2)no1. The second kappa shape index (κ2) is 6.81. The van der Waals surface area contributed by atoms with Crippen molar-refractivity contribution < 1.29 is 9.32 Å².